The van der Waals surface area contributed by atoms with Crippen LogP contribution in [0.5, 0.6) is 0 Å². The van der Waals surface area contributed by atoms with Crippen LogP contribution in [0.1, 0.15) is 27.8 Å². The highest BCUT2D eigenvalue weighted by molar-refractivity contribution is 14.0. The summed E-state index contributed by atoms with van der Waals surface area (Å²) < 4.78 is 13.9. The minimum Gasteiger partial charge on any atom is -0.354 e. The molecule has 2 aromatic rings. The van der Waals surface area contributed by atoms with Crippen molar-refractivity contribution < 1.29 is 4.39 Å². The maximum atomic E-state index is 13.9. The van der Waals surface area contributed by atoms with Crippen molar-refractivity contribution in [3.63, 3.8) is 0 Å². The number of aliphatic imine (C=N–C) groups is 1. The van der Waals surface area contributed by atoms with Gasteiger partial charge in [-0.05, 0) is 57.8 Å². The standard InChI is InChI=1S/C20H29FN4S.HI/c1-14(10-18-8-6-15(2)26-18)24-20(22-3)23-12-16-7-9-19(21)17(11-16)13-25(4)5;/h6-9,11,14H,10,12-13H2,1-5H3,(H2,22,23,24);1H. The lowest BCUT2D eigenvalue weighted by atomic mass is 10.1. The van der Waals surface area contributed by atoms with Gasteiger partial charge in [-0.1, -0.05) is 6.07 Å². The molecule has 1 unspecified atom stereocenters. The van der Waals surface area contributed by atoms with Gasteiger partial charge in [0.15, 0.2) is 5.96 Å². The summed E-state index contributed by atoms with van der Waals surface area (Å²) in [5.41, 5.74) is 1.74. The molecular weight excluding hydrogens is 474 g/mol. The Balaban J connectivity index is 0.00000364. The zero-order valence-electron chi connectivity index (χ0n) is 16.7. The fraction of sp³-hybridized carbons (Fsp3) is 0.450. The van der Waals surface area contributed by atoms with E-state index in [1.165, 1.54) is 15.8 Å². The van der Waals surface area contributed by atoms with Gasteiger partial charge in [-0.2, -0.15) is 0 Å². The largest absolute Gasteiger partial charge is 0.354 e. The van der Waals surface area contributed by atoms with Crippen molar-refractivity contribution in [2.75, 3.05) is 21.1 Å². The highest BCUT2D eigenvalue weighted by Crippen LogP contribution is 2.16. The fourth-order valence-corrected chi connectivity index (χ4v) is 3.78. The highest BCUT2D eigenvalue weighted by atomic mass is 127. The van der Waals surface area contributed by atoms with Crippen LogP contribution in [-0.2, 0) is 19.5 Å². The lowest BCUT2D eigenvalue weighted by Crippen LogP contribution is -2.42. The van der Waals surface area contributed by atoms with Gasteiger partial charge in [0, 0.05) is 47.9 Å². The number of nitrogens with one attached hydrogen (secondary N) is 2. The number of aryl methyl sites for hydroxylation is 1. The molecule has 0 fully saturated rings. The molecule has 27 heavy (non-hydrogen) atoms. The summed E-state index contributed by atoms with van der Waals surface area (Å²) in [6.45, 7) is 5.46. The van der Waals surface area contributed by atoms with Crippen molar-refractivity contribution in [3.05, 3.63) is 57.0 Å². The van der Waals surface area contributed by atoms with E-state index >= 15 is 0 Å². The van der Waals surface area contributed by atoms with E-state index in [0.717, 1.165) is 17.9 Å². The first kappa shape index (κ1) is 23.8. The average Bonchev–Trinajstić information content (AvgIpc) is 2.98. The Bertz CT molecular complexity index is 745. The Morgan fingerprint density at radius 1 is 1.26 bits per heavy atom. The quantitative estimate of drug-likeness (QED) is 0.338. The molecule has 0 aliphatic carbocycles. The number of guanidine groups is 1. The molecule has 1 aromatic carbocycles. The molecule has 0 aliphatic rings. The van der Waals surface area contributed by atoms with Crippen LogP contribution in [-0.4, -0.2) is 38.0 Å². The van der Waals surface area contributed by atoms with Crippen LogP contribution in [0.4, 0.5) is 4.39 Å². The smallest absolute Gasteiger partial charge is 0.191 e. The van der Waals surface area contributed by atoms with Crippen molar-refractivity contribution in [3.8, 4) is 0 Å². The van der Waals surface area contributed by atoms with Gasteiger partial charge in [0.1, 0.15) is 5.82 Å². The minimum atomic E-state index is -0.162. The molecule has 0 bridgehead atoms. The van der Waals surface area contributed by atoms with Gasteiger partial charge in [0.05, 0.1) is 0 Å². The molecule has 1 aromatic heterocycles. The van der Waals surface area contributed by atoms with Gasteiger partial charge >= 0.3 is 0 Å². The summed E-state index contributed by atoms with van der Waals surface area (Å²) in [5.74, 6) is 0.592. The van der Waals surface area contributed by atoms with E-state index in [9.17, 15) is 4.39 Å². The molecule has 0 saturated carbocycles. The molecule has 7 heteroatoms. The zero-order chi connectivity index (χ0) is 19.1. The van der Waals surface area contributed by atoms with Crippen LogP contribution < -0.4 is 10.6 Å². The summed E-state index contributed by atoms with van der Waals surface area (Å²) >= 11 is 1.83. The molecule has 0 saturated heterocycles. The number of benzene rings is 1. The van der Waals surface area contributed by atoms with Gasteiger partial charge in [0.25, 0.3) is 0 Å². The number of halogens is 2. The first-order valence-electron chi connectivity index (χ1n) is 8.82. The predicted octanol–water partition coefficient (Wildman–Crippen LogP) is 4.17. The monoisotopic (exact) mass is 504 g/mol. The molecular formula is C20H30FIN4S. The van der Waals surface area contributed by atoms with Crippen LogP contribution in [0.3, 0.4) is 0 Å². The third kappa shape index (κ3) is 8.15. The van der Waals surface area contributed by atoms with Crippen molar-refractivity contribution in [2.45, 2.75) is 39.4 Å². The lowest BCUT2D eigenvalue weighted by molar-refractivity contribution is 0.392. The number of nitrogens with zero attached hydrogens (tertiary/aromatic N) is 2. The summed E-state index contributed by atoms with van der Waals surface area (Å²) in [6, 6.07) is 9.86. The van der Waals surface area contributed by atoms with E-state index in [2.05, 4.69) is 41.6 Å². The number of thiophene rings is 1. The normalized spacial score (nSPS) is 12.6. The van der Waals surface area contributed by atoms with E-state index in [1.807, 2.05) is 42.5 Å². The van der Waals surface area contributed by atoms with Crippen LogP contribution in [0, 0.1) is 12.7 Å². The third-order valence-electron chi connectivity index (χ3n) is 3.97. The van der Waals surface area contributed by atoms with Gasteiger partial charge in [-0.15, -0.1) is 35.3 Å². The third-order valence-corrected chi connectivity index (χ3v) is 4.99. The number of hydrogen-bond donors (Lipinski definition) is 2. The van der Waals surface area contributed by atoms with Crippen molar-refractivity contribution in [1.29, 1.82) is 0 Å². The summed E-state index contributed by atoms with van der Waals surface area (Å²) in [5, 5.41) is 6.73. The SMILES string of the molecule is CN=C(NCc1ccc(F)c(CN(C)C)c1)NC(C)Cc1ccc(C)s1.I. The topological polar surface area (TPSA) is 39.7 Å². The second-order valence-electron chi connectivity index (χ2n) is 6.85. The van der Waals surface area contributed by atoms with Crippen molar-refractivity contribution in [2.24, 2.45) is 4.99 Å². The van der Waals surface area contributed by atoms with E-state index in [1.54, 1.807) is 7.05 Å². The minimum absolute atomic E-state index is 0. The molecule has 1 heterocycles. The summed E-state index contributed by atoms with van der Waals surface area (Å²) in [7, 11) is 5.64. The molecule has 2 rings (SSSR count). The van der Waals surface area contributed by atoms with Crippen molar-refractivity contribution in [1.82, 2.24) is 15.5 Å². The first-order chi connectivity index (χ1) is 12.4. The maximum absolute atomic E-state index is 13.9. The molecule has 0 amide bonds. The predicted molar refractivity (Wildman–Crippen MR) is 125 cm³/mol. The fourth-order valence-electron chi connectivity index (χ4n) is 2.76. The van der Waals surface area contributed by atoms with E-state index in [-0.39, 0.29) is 35.8 Å². The zero-order valence-corrected chi connectivity index (χ0v) is 19.8. The lowest BCUT2D eigenvalue weighted by Gasteiger charge is -2.18. The van der Waals surface area contributed by atoms with Crippen molar-refractivity contribution >= 4 is 41.3 Å². The number of rotatable bonds is 7. The number of hydrogen-bond acceptors (Lipinski definition) is 3. The van der Waals surface area contributed by atoms with Gasteiger partial charge in [0.2, 0.25) is 0 Å². The van der Waals surface area contributed by atoms with E-state index in [0.29, 0.717) is 18.7 Å². The Labute approximate surface area is 183 Å². The van der Waals surface area contributed by atoms with E-state index in [4.69, 9.17) is 0 Å². The molecule has 0 aliphatic heterocycles. The van der Waals surface area contributed by atoms with Crippen LogP contribution >= 0.6 is 35.3 Å². The van der Waals surface area contributed by atoms with E-state index < -0.39 is 0 Å². The van der Waals surface area contributed by atoms with Crippen LogP contribution in [0.15, 0.2) is 35.3 Å². The highest BCUT2D eigenvalue weighted by Gasteiger charge is 2.09. The Morgan fingerprint density at radius 3 is 2.59 bits per heavy atom. The summed E-state index contributed by atoms with van der Waals surface area (Å²) in [6.07, 6.45) is 0.961. The molecule has 0 spiro atoms. The van der Waals surface area contributed by atoms with Gasteiger partial charge < -0.3 is 15.5 Å². The Kier molecular flexibility index (Phi) is 10.3. The molecule has 1 atom stereocenters. The molecule has 0 radical (unpaired) electrons. The summed E-state index contributed by atoms with van der Waals surface area (Å²) in [4.78, 5) is 8.95. The van der Waals surface area contributed by atoms with Gasteiger partial charge in [-0.25, -0.2) is 4.39 Å². The average molecular weight is 504 g/mol. The molecule has 4 nitrogen and oxygen atoms in total. The molecule has 150 valence electrons. The second kappa shape index (κ2) is 11.6. The Hall–Kier alpha value is -1.19. The van der Waals surface area contributed by atoms with Crippen LogP contribution in [0.2, 0.25) is 0 Å². The van der Waals surface area contributed by atoms with Gasteiger partial charge in [-0.3, -0.25) is 4.99 Å². The first-order valence-corrected chi connectivity index (χ1v) is 9.63. The second-order valence-corrected chi connectivity index (χ2v) is 8.22. The molecule has 2 N–H and O–H groups in total. The Morgan fingerprint density at radius 2 is 2.00 bits per heavy atom. The van der Waals surface area contributed by atoms with Crippen LogP contribution in [0.25, 0.3) is 0 Å². The maximum Gasteiger partial charge on any atom is 0.191 e.